The van der Waals surface area contributed by atoms with Crippen molar-refractivity contribution < 1.29 is 0 Å². The third kappa shape index (κ3) is 3.79. The van der Waals surface area contributed by atoms with E-state index in [-0.39, 0.29) is 0 Å². The lowest BCUT2D eigenvalue weighted by molar-refractivity contribution is 1.05. The molecule has 0 atom stereocenters. The molecule has 3 rings (SSSR count). The van der Waals surface area contributed by atoms with Crippen molar-refractivity contribution in [1.29, 1.82) is 0 Å². The lowest BCUT2D eigenvalue weighted by Gasteiger charge is -2.10. The highest BCUT2D eigenvalue weighted by Gasteiger charge is 2.03. The van der Waals surface area contributed by atoms with Crippen molar-refractivity contribution in [3.63, 3.8) is 0 Å². The molecule has 0 spiro atoms. The number of hydrogen-bond acceptors (Lipinski definition) is 5. The van der Waals surface area contributed by atoms with Gasteiger partial charge in [-0.1, -0.05) is 18.2 Å². The van der Waals surface area contributed by atoms with E-state index in [2.05, 4.69) is 25.6 Å². The molecule has 0 aliphatic rings. The molecule has 0 amide bonds. The number of anilines is 3. The van der Waals surface area contributed by atoms with Gasteiger partial charge in [0.1, 0.15) is 5.82 Å². The van der Waals surface area contributed by atoms with E-state index in [1.54, 1.807) is 12.4 Å². The van der Waals surface area contributed by atoms with E-state index in [1.165, 1.54) is 0 Å². The maximum atomic E-state index is 4.49. The van der Waals surface area contributed by atoms with Gasteiger partial charge in [-0.3, -0.25) is 4.98 Å². The second-order valence-electron chi connectivity index (χ2n) is 4.92. The number of benzene rings is 1. The topological polar surface area (TPSA) is 62.7 Å². The van der Waals surface area contributed by atoms with Gasteiger partial charge in [0.2, 0.25) is 5.95 Å². The number of nitrogens with one attached hydrogen (secondary N) is 2. The van der Waals surface area contributed by atoms with Crippen molar-refractivity contribution >= 4 is 17.5 Å². The number of rotatable bonds is 5. The minimum Gasteiger partial charge on any atom is -0.366 e. The number of para-hydroxylation sites is 1. The average Bonchev–Trinajstić information content (AvgIpc) is 2.54. The summed E-state index contributed by atoms with van der Waals surface area (Å²) < 4.78 is 0. The second kappa shape index (κ2) is 6.67. The smallest absolute Gasteiger partial charge is 0.229 e. The molecule has 0 bridgehead atoms. The van der Waals surface area contributed by atoms with Gasteiger partial charge in [-0.25, -0.2) is 4.98 Å². The molecule has 2 N–H and O–H groups in total. The monoisotopic (exact) mass is 291 g/mol. The van der Waals surface area contributed by atoms with Crippen LogP contribution in [0.1, 0.15) is 11.3 Å². The zero-order valence-corrected chi connectivity index (χ0v) is 12.3. The van der Waals surface area contributed by atoms with E-state index in [0.29, 0.717) is 12.5 Å². The molecule has 5 nitrogen and oxygen atoms in total. The summed E-state index contributed by atoms with van der Waals surface area (Å²) in [5.74, 6) is 1.38. The first-order valence-electron chi connectivity index (χ1n) is 7.10. The predicted molar refractivity (Wildman–Crippen MR) is 88.1 cm³/mol. The number of hydrogen-bond donors (Lipinski definition) is 2. The van der Waals surface area contributed by atoms with Crippen LogP contribution >= 0.6 is 0 Å². The first-order chi connectivity index (χ1) is 10.8. The minimum atomic E-state index is 0.587. The first-order valence-corrected chi connectivity index (χ1v) is 7.10. The van der Waals surface area contributed by atoms with Gasteiger partial charge < -0.3 is 10.6 Å². The molecule has 0 saturated carbocycles. The summed E-state index contributed by atoms with van der Waals surface area (Å²) in [6.45, 7) is 2.65. The molecule has 0 unspecified atom stereocenters. The summed E-state index contributed by atoms with van der Waals surface area (Å²) >= 11 is 0. The van der Waals surface area contributed by atoms with Gasteiger partial charge in [0.25, 0.3) is 0 Å². The maximum absolute atomic E-state index is 4.49. The van der Waals surface area contributed by atoms with Crippen LogP contribution in [0.3, 0.4) is 0 Å². The Hall–Kier alpha value is -2.95. The SMILES string of the molecule is Cc1cc(NCc2ccncc2)nc(Nc2ccccc2)n1. The maximum Gasteiger partial charge on any atom is 0.229 e. The summed E-state index contributed by atoms with van der Waals surface area (Å²) in [7, 11) is 0. The number of nitrogens with zero attached hydrogens (tertiary/aromatic N) is 3. The van der Waals surface area contributed by atoms with E-state index in [0.717, 1.165) is 22.8 Å². The number of aromatic nitrogens is 3. The average molecular weight is 291 g/mol. The third-order valence-corrected chi connectivity index (χ3v) is 3.11. The van der Waals surface area contributed by atoms with E-state index in [1.807, 2.05) is 55.5 Å². The van der Waals surface area contributed by atoms with Gasteiger partial charge in [-0.15, -0.1) is 0 Å². The number of aryl methyl sites for hydroxylation is 1. The van der Waals surface area contributed by atoms with E-state index in [4.69, 9.17) is 0 Å². The standard InChI is InChI=1S/C17H17N5/c1-13-11-16(19-12-14-7-9-18-10-8-14)22-17(20-13)21-15-5-3-2-4-6-15/h2-11H,12H2,1H3,(H2,19,20,21,22). The normalized spacial score (nSPS) is 10.2. The molecule has 2 heterocycles. The van der Waals surface area contributed by atoms with Gasteiger partial charge in [-0.05, 0) is 36.8 Å². The van der Waals surface area contributed by atoms with E-state index < -0.39 is 0 Å². The molecule has 0 aliphatic carbocycles. The van der Waals surface area contributed by atoms with Crippen LogP contribution < -0.4 is 10.6 Å². The highest BCUT2D eigenvalue weighted by molar-refractivity contribution is 5.55. The molecular formula is C17H17N5. The fraction of sp³-hybridized carbons (Fsp3) is 0.118. The quantitative estimate of drug-likeness (QED) is 0.753. The van der Waals surface area contributed by atoms with Gasteiger partial charge in [0, 0.05) is 36.4 Å². The fourth-order valence-electron chi connectivity index (χ4n) is 2.06. The molecule has 2 aromatic heterocycles. The van der Waals surface area contributed by atoms with Gasteiger partial charge in [-0.2, -0.15) is 4.98 Å². The van der Waals surface area contributed by atoms with Crippen LogP contribution in [0.4, 0.5) is 17.5 Å². The summed E-state index contributed by atoms with van der Waals surface area (Å²) in [5, 5.41) is 6.52. The fourth-order valence-corrected chi connectivity index (χ4v) is 2.06. The van der Waals surface area contributed by atoms with Crippen LogP contribution in [-0.4, -0.2) is 15.0 Å². The van der Waals surface area contributed by atoms with Crippen LogP contribution in [0.15, 0.2) is 60.9 Å². The van der Waals surface area contributed by atoms with Gasteiger partial charge >= 0.3 is 0 Å². The van der Waals surface area contributed by atoms with Crippen molar-refractivity contribution in [2.24, 2.45) is 0 Å². The summed E-state index contributed by atoms with van der Waals surface area (Å²) in [6, 6.07) is 15.8. The van der Waals surface area contributed by atoms with Gasteiger partial charge in [0.05, 0.1) is 0 Å². The molecule has 0 fully saturated rings. The van der Waals surface area contributed by atoms with Crippen LogP contribution in [-0.2, 0) is 6.54 Å². The largest absolute Gasteiger partial charge is 0.366 e. The Morgan fingerprint density at radius 2 is 1.73 bits per heavy atom. The highest BCUT2D eigenvalue weighted by atomic mass is 15.1. The third-order valence-electron chi connectivity index (χ3n) is 3.11. The zero-order valence-electron chi connectivity index (χ0n) is 12.3. The summed E-state index contributed by atoms with van der Waals surface area (Å²) in [6.07, 6.45) is 3.56. The second-order valence-corrected chi connectivity index (χ2v) is 4.92. The minimum absolute atomic E-state index is 0.587. The van der Waals surface area contributed by atoms with Gasteiger partial charge in [0.15, 0.2) is 0 Å². The van der Waals surface area contributed by atoms with Crippen molar-refractivity contribution in [2.75, 3.05) is 10.6 Å². The summed E-state index contributed by atoms with van der Waals surface area (Å²) in [5.41, 5.74) is 3.03. The van der Waals surface area contributed by atoms with Crippen LogP contribution in [0.25, 0.3) is 0 Å². The Morgan fingerprint density at radius 3 is 2.50 bits per heavy atom. The van der Waals surface area contributed by atoms with Crippen LogP contribution in [0, 0.1) is 6.92 Å². The molecule has 5 heteroatoms. The van der Waals surface area contributed by atoms with Crippen molar-refractivity contribution in [3.05, 3.63) is 72.2 Å². The van der Waals surface area contributed by atoms with Crippen molar-refractivity contribution in [1.82, 2.24) is 15.0 Å². The molecular weight excluding hydrogens is 274 g/mol. The molecule has 3 aromatic rings. The zero-order chi connectivity index (χ0) is 15.2. The Bertz CT molecular complexity index is 729. The molecule has 0 aliphatic heterocycles. The molecule has 0 saturated heterocycles. The predicted octanol–water partition coefficient (Wildman–Crippen LogP) is 3.54. The first kappa shape index (κ1) is 14.0. The Morgan fingerprint density at radius 1 is 0.955 bits per heavy atom. The van der Waals surface area contributed by atoms with E-state index >= 15 is 0 Å². The summed E-state index contributed by atoms with van der Waals surface area (Å²) in [4.78, 5) is 12.9. The Kier molecular flexibility index (Phi) is 4.25. The molecule has 110 valence electrons. The van der Waals surface area contributed by atoms with Crippen molar-refractivity contribution in [3.8, 4) is 0 Å². The highest BCUT2D eigenvalue weighted by Crippen LogP contribution is 2.15. The lowest BCUT2D eigenvalue weighted by Crippen LogP contribution is -2.05. The van der Waals surface area contributed by atoms with Crippen molar-refractivity contribution in [2.45, 2.75) is 13.5 Å². The molecule has 22 heavy (non-hydrogen) atoms. The molecule has 1 aromatic carbocycles. The molecule has 0 radical (unpaired) electrons. The Labute approximate surface area is 129 Å². The van der Waals surface area contributed by atoms with E-state index in [9.17, 15) is 0 Å². The van der Waals surface area contributed by atoms with Crippen LogP contribution in [0.5, 0.6) is 0 Å². The lowest BCUT2D eigenvalue weighted by atomic mass is 10.3. The van der Waals surface area contributed by atoms with Crippen LogP contribution in [0.2, 0.25) is 0 Å². The number of pyridine rings is 1. The Balaban J connectivity index is 1.72.